The number of aliphatic hydroxyl groups is 1. The Labute approximate surface area is 123 Å². The van der Waals surface area contributed by atoms with Gasteiger partial charge < -0.3 is 24.0 Å². The van der Waals surface area contributed by atoms with E-state index in [2.05, 4.69) is 5.16 Å². The molecule has 1 saturated heterocycles. The SMILES string of the molecule is CO[C@@H]1COC[C@@H](N(C)C(=O)Cc2c(C)noc2C)[C@@H]1O. The van der Waals surface area contributed by atoms with Gasteiger partial charge in [-0.25, -0.2) is 0 Å². The van der Waals surface area contributed by atoms with E-state index in [1.165, 1.54) is 12.0 Å². The van der Waals surface area contributed by atoms with Gasteiger partial charge in [0.15, 0.2) is 0 Å². The van der Waals surface area contributed by atoms with Crippen LogP contribution in [0, 0.1) is 13.8 Å². The van der Waals surface area contributed by atoms with Crippen LogP contribution < -0.4 is 0 Å². The van der Waals surface area contributed by atoms with Crippen molar-refractivity contribution in [1.29, 1.82) is 0 Å². The Morgan fingerprint density at radius 1 is 1.48 bits per heavy atom. The molecule has 2 rings (SSSR count). The summed E-state index contributed by atoms with van der Waals surface area (Å²) in [4.78, 5) is 13.9. The van der Waals surface area contributed by atoms with Gasteiger partial charge in [0.2, 0.25) is 5.91 Å². The second kappa shape index (κ2) is 6.55. The third-order valence-electron chi connectivity index (χ3n) is 4.05. The fraction of sp³-hybridized carbons (Fsp3) is 0.714. The number of amides is 1. The fourth-order valence-electron chi connectivity index (χ4n) is 2.51. The quantitative estimate of drug-likeness (QED) is 0.846. The molecule has 2 heterocycles. The van der Waals surface area contributed by atoms with Crippen molar-refractivity contribution in [3.05, 3.63) is 17.0 Å². The second-order valence-corrected chi connectivity index (χ2v) is 5.35. The van der Waals surface area contributed by atoms with Crippen LogP contribution in [0.2, 0.25) is 0 Å². The zero-order chi connectivity index (χ0) is 15.6. The number of nitrogens with zero attached hydrogens (tertiary/aromatic N) is 2. The number of likely N-dealkylation sites (N-methyl/N-ethyl adjacent to an activating group) is 1. The predicted molar refractivity (Wildman–Crippen MR) is 73.9 cm³/mol. The summed E-state index contributed by atoms with van der Waals surface area (Å²) in [5.41, 5.74) is 1.51. The third-order valence-corrected chi connectivity index (χ3v) is 4.05. The number of methoxy groups -OCH3 is 1. The summed E-state index contributed by atoms with van der Waals surface area (Å²) >= 11 is 0. The van der Waals surface area contributed by atoms with Crippen molar-refractivity contribution < 1.29 is 23.9 Å². The number of hydrogen-bond acceptors (Lipinski definition) is 6. The summed E-state index contributed by atoms with van der Waals surface area (Å²) in [7, 11) is 3.18. The normalized spacial score (nSPS) is 25.9. The van der Waals surface area contributed by atoms with Crippen LogP contribution in [0.15, 0.2) is 4.52 Å². The van der Waals surface area contributed by atoms with Gasteiger partial charge in [-0.2, -0.15) is 0 Å². The molecule has 1 fully saturated rings. The van der Waals surface area contributed by atoms with E-state index in [9.17, 15) is 9.90 Å². The maximum atomic E-state index is 12.4. The monoisotopic (exact) mass is 298 g/mol. The van der Waals surface area contributed by atoms with Crippen molar-refractivity contribution >= 4 is 5.91 Å². The second-order valence-electron chi connectivity index (χ2n) is 5.35. The Kier molecular flexibility index (Phi) is 4.97. The highest BCUT2D eigenvalue weighted by Crippen LogP contribution is 2.19. The lowest BCUT2D eigenvalue weighted by Gasteiger charge is -2.38. The van der Waals surface area contributed by atoms with Gasteiger partial charge >= 0.3 is 0 Å². The van der Waals surface area contributed by atoms with Crippen LogP contribution in [-0.2, 0) is 20.7 Å². The highest BCUT2D eigenvalue weighted by atomic mass is 16.5. The molecule has 3 atom stereocenters. The smallest absolute Gasteiger partial charge is 0.227 e. The number of carbonyl (C=O) groups is 1. The number of carbonyl (C=O) groups excluding carboxylic acids is 1. The van der Waals surface area contributed by atoms with Crippen LogP contribution in [0.5, 0.6) is 0 Å². The number of ether oxygens (including phenoxy) is 2. The predicted octanol–water partition coefficient (Wildman–Crippen LogP) is 0.0670. The highest BCUT2D eigenvalue weighted by Gasteiger charge is 2.37. The molecule has 0 saturated carbocycles. The van der Waals surface area contributed by atoms with Gasteiger partial charge in [-0.1, -0.05) is 5.16 Å². The Balaban J connectivity index is 2.05. The molecule has 0 aliphatic carbocycles. The van der Waals surface area contributed by atoms with E-state index in [0.29, 0.717) is 24.7 Å². The number of aryl methyl sites for hydroxylation is 2. The lowest BCUT2D eigenvalue weighted by atomic mass is 10.0. The van der Waals surface area contributed by atoms with Gasteiger partial charge in [0.05, 0.1) is 31.4 Å². The van der Waals surface area contributed by atoms with Crippen molar-refractivity contribution in [3.63, 3.8) is 0 Å². The Morgan fingerprint density at radius 3 is 2.76 bits per heavy atom. The van der Waals surface area contributed by atoms with Crippen LogP contribution in [0.3, 0.4) is 0 Å². The minimum atomic E-state index is -0.762. The van der Waals surface area contributed by atoms with Gasteiger partial charge in [0.25, 0.3) is 0 Å². The van der Waals surface area contributed by atoms with Crippen LogP contribution >= 0.6 is 0 Å². The molecule has 21 heavy (non-hydrogen) atoms. The molecule has 1 aliphatic heterocycles. The van der Waals surface area contributed by atoms with Gasteiger partial charge in [0, 0.05) is 19.7 Å². The number of aromatic nitrogens is 1. The molecule has 7 heteroatoms. The fourth-order valence-corrected chi connectivity index (χ4v) is 2.51. The first kappa shape index (κ1) is 15.9. The van der Waals surface area contributed by atoms with Gasteiger partial charge in [-0.15, -0.1) is 0 Å². The first-order chi connectivity index (χ1) is 9.95. The maximum absolute atomic E-state index is 12.4. The van der Waals surface area contributed by atoms with Crippen molar-refractivity contribution in [1.82, 2.24) is 10.1 Å². The Bertz CT molecular complexity index is 482. The molecule has 1 N–H and O–H groups in total. The molecule has 1 aliphatic rings. The maximum Gasteiger partial charge on any atom is 0.227 e. The lowest BCUT2D eigenvalue weighted by molar-refractivity contribution is -0.157. The molecule has 1 aromatic heterocycles. The van der Waals surface area contributed by atoms with E-state index in [1.807, 2.05) is 0 Å². The average Bonchev–Trinajstić information content (AvgIpc) is 2.78. The van der Waals surface area contributed by atoms with E-state index in [1.54, 1.807) is 20.9 Å². The molecule has 0 bridgehead atoms. The summed E-state index contributed by atoms with van der Waals surface area (Å²) < 4.78 is 15.6. The Hall–Kier alpha value is -1.44. The summed E-state index contributed by atoms with van der Waals surface area (Å²) in [5.74, 6) is 0.526. The highest BCUT2D eigenvalue weighted by molar-refractivity contribution is 5.79. The minimum absolute atomic E-state index is 0.117. The van der Waals surface area contributed by atoms with Crippen molar-refractivity contribution in [3.8, 4) is 0 Å². The van der Waals surface area contributed by atoms with Gasteiger partial charge in [0.1, 0.15) is 18.0 Å². The molecule has 118 valence electrons. The first-order valence-electron chi connectivity index (χ1n) is 6.91. The van der Waals surface area contributed by atoms with E-state index >= 15 is 0 Å². The van der Waals surface area contributed by atoms with Gasteiger partial charge in [-0.05, 0) is 13.8 Å². The average molecular weight is 298 g/mol. The van der Waals surface area contributed by atoms with Crippen molar-refractivity contribution in [2.45, 2.75) is 38.5 Å². The third kappa shape index (κ3) is 3.25. The van der Waals surface area contributed by atoms with Gasteiger partial charge in [-0.3, -0.25) is 4.79 Å². The summed E-state index contributed by atoms with van der Waals surface area (Å²) in [6.07, 6.45) is -0.987. The van der Waals surface area contributed by atoms with Crippen LogP contribution in [0.4, 0.5) is 0 Å². The summed E-state index contributed by atoms with van der Waals surface area (Å²) in [6, 6.07) is -0.420. The zero-order valence-corrected chi connectivity index (χ0v) is 12.8. The molecule has 7 nitrogen and oxygen atoms in total. The number of hydrogen-bond donors (Lipinski definition) is 1. The minimum Gasteiger partial charge on any atom is -0.388 e. The van der Waals surface area contributed by atoms with Crippen molar-refractivity contribution in [2.24, 2.45) is 0 Å². The standard InChI is InChI=1S/C14H22N2O5/c1-8-10(9(2)21-15-8)5-13(17)16(3)11-6-20-7-12(19-4)14(11)18/h11-12,14,18H,5-7H2,1-4H3/t11-,12-,14+/m1/s1. The number of aliphatic hydroxyl groups excluding tert-OH is 1. The molecule has 0 aromatic carbocycles. The van der Waals surface area contributed by atoms with E-state index in [0.717, 1.165) is 5.56 Å². The summed E-state index contributed by atoms with van der Waals surface area (Å²) in [6.45, 7) is 4.21. The number of rotatable bonds is 4. The van der Waals surface area contributed by atoms with E-state index < -0.39 is 18.2 Å². The molecule has 0 spiro atoms. The lowest BCUT2D eigenvalue weighted by Crippen LogP contribution is -2.57. The largest absolute Gasteiger partial charge is 0.388 e. The molecular weight excluding hydrogens is 276 g/mol. The summed E-state index contributed by atoms with van der Waals surface area (Å²) in [5, 5.41) is 14.1. The van der Waals surface area contributed by atoms with Crippen LogP contribution in [-0.4, -0.2) is 66.7 Å². The van der Waals surface area contributed by atoms with E-state index in [4.69, 9.17) is 14.0 Å². The molecule has 1 amide bonds. The molecule has 1 aromatic rings. The van der Waals surface area contributed by atoms with Crippen LogP contribution in [0.1, 0.15) is 17.0 Å². The van der Waals surface area contributed by atoms with Crippen molar-refractivity contribution in [2.75, 3.05) is 27.4 Å². The zero-order valence-electron chi connectivity index (χ0n) is 12.8. The van der Waals surface area contributed by atoms with Crippen LogP contribution in [0.25, 0.3) is 0 Å². The Morgan fingerprint density at radius 2 is 2.19 bits per heavy atom. The molecular formula is C14H22N2O5. The molecule has 0 unspecified atom stereocenters. The first-order valence-corrected chi connectivity index (χ1v) is 6.91. The van der Waals surface area contributed by atoms with E-state index in [-0.39, 0.29) is 12.3 Å². The topological polar surface area (TPSA) is 85.0 Å². The molecule has 0 radical (unpaired) electrons.